The van der Waals surface area contributed by atoms with Gasteiger partial charge in [0, 0.05) is 17.6 Å². The lowest BCUT2D eigenvalue weighted by Crippen LogP contribution is -2.36. The predicted molar refractivity (Wildman–Crippen MR) is 79.4 cm³/mol. The molecule has 0 aliphatic heterocycles. The first-order valence-electron chi connectivity index (χ1n) is 7.81. The Labute approximate surface area is 124 Å². The topological polar surface area (TPSA) is 12.0 Å². The van der Waals surface area contributed by atoms with Crippen molar-refractivity contribution in [2.75, 3.05) is 6.54 Å². The average Bonchev–Trinajstić information content (AvgIpc) is 3.32. The Hall–Kier alpha value is -0.600. The van der Waals surface area contributed by atoms with Crippen LogP contribution in [-0.4, -0.2) is 12.6 Å². The second kappa shape index (κ2) is 4.71. The van der Waals surface area contributed by atoms with Gasteiger partial charge in [-0.3, -0.25) is 0 Å². The molecule has 3 heteroatoms. The van der Waals surface area contributed by atoms with E-state index in [0.29, 0.717) is 5.02 Å². The molecule has 20 heavy (non-hydrogen) atoms. The molecule has 2 unspecified atom stereocenters. The van der Waals surface area contributed by atoms with E-state index in [1.807, 2.05) is 12.1 Å². The van der Waals surface area contributed by atoms with Crippen molar-refractivity contribution < 1.29 is 4.39 Å². The summed E-state index contributed by atoms with van der Waals surface area (Å²) >= 11 is 5.86. The Bertz CT molecular complexity index is 516. The highest BCUT2D eigenvalue weighted by Crippen LogP contribution is 2.60. The van der Waals surface area contributed by atoms with Crippen molar-refractivity contribution in [1.29, 1.82) is 0 Å². The Kier molecular flexibility index (Phi) is 3.08. The molecule has 3 aliphatic rings. The molecule has 1 N–H and O–H groups in total. The monoisotopic (exact) mass is 293 g/mol. The zero-order chi connectivity index (χ0) is 13.7. The summed E-state index contributed by atoms with van der Waals surface area (Å²) in [5, 5.41) is 4.17. The number of hydrogen-bond acceptors (Lipinski definition) is 1. The minimum absolute atomic E-state index is 0.135. The lowest BCUT2D eigenvalue weighted by atomic mass is 9.77. The summed E-state index contributed by atoms with van der Waals surface area (Å²) in [7, 11) is 0. The Morgan fingerprint density at radius 1 is 1.25 bits per heavy atom. The summed E-state index contributed by atoms with van der Waals surface area (Å²) in [6.07, 6.45) is 7.46. The highest BCUT2D eigenvalue weighted by atomic mass is 35.5. The molecule has 0 amide bonds. The summed E-state index contributed by atoms with van der Waals surface area (Å²) in [6.45, 7) is 1.06. The summed E-state index contributed by atoms with van der Waals surface area (Å²) in [6, 6.07) is 5.88. The Balaban J connectivity index is 1.51. The molecule has 2 atom stereocenters. The minimum Gasteiger partial charge on any atom is -0.313 e. The molecule has 108 valence electrons. The van der Waals surface area contributed by atoms with Gasteiger partial charge in [0.2, 0.25) is 0 Å². The lowest BCUT2D eigenvalue weighted by molar-refractivity contribution is 0.245. The van der Waals surface area contributed by atoms with E-state index in [1.54, 1.807) is 0 Å². The van der Waals surface area contributed by atoms with Crippen LogP contribution in [0.15, 0.2) is 18.2 Å². The van der Waals surface area contributed by atoms with Gasteiger partial charge in [0.05, 0.1) is 0 Å². The van der Waals surface area contributed by atoms with E-state index in [1.165, 1.54) is 38.2 Å². The van der Waals surface area contributed by atoms with E-state index < -0.39 is 0 Å². The maximum atomic E-state index is 14.1. The second-order valence-corrected chi connectivity index (χ2v) is 7.67. The largest absolute Gasteiger partial charge is 0.313 e. The molecule has 0 heterocycles. The van der Waals surface area contributed by atoms with Gasteiger partial charge in [-0.25, -0.2) is 4.39 Å². The highest BCUT2D eigenvalue weighted by Gasteiger charge is 2.53. The van der Waals surface area contributed by atoms with E-state index in [9.17, 15) is 4.39 Å². The van der Waals surface area contributed by atoms with Crippen LogP contribution >= 0.6 is 11.6 Å². The SMILES string of the molecule is Fc1cc(Cl)ccc1CC1(CNC2CC2)CC2CC2C1. The summed E-state index contributed by atoms with van der Waals surface area (Å²) in [4.78, 5) is 0. The first kappa shape index (κ1) is 13.1. The highest BCUT2D eigenvalue weighted by molar-refractivity contribution is 6.30. The van der Waals surface area contributed by atoms with Crippen molar-refractivity contribution in [1.82, 2.24) is 5.32 Å². The van der Waals surface area contributed by atoms with Crippen molar-refractivity contribution in [2.24, 2.45) is 17.3 Å². The van der Waals surface area contributed by atoms with Gasteiger partial charge in [-0.05, 0) is 73.5 Å². The molecule has 3 saturated carbocycles. The first-order valence-corrected chi connectivity index (χ1v) is 8.19. The van der Waals surface area contributed by atoms with Gasteiger partial charge >= 0.3 is 0 Å². The number of benzene rings is 1. The van der Waals surface area contributed by atoms with Crippen LogP contribution in [0, 0.1) is 23.1 Å². The van der Waals surface area contributed by atoms with E-state index in [0.717, 1.165) is 36.4 Å². The fraction of sp³-hybridized carbons (Fsp3) is 0.647. The number of hydrogen-bond donors (Lipinski definition) is 1. The quantitative estimate of drug-likeness (QED) is 0.858. The smallest absolute Gasteiger partial charge is 0.127 e. The van der Waals surface area contributed by atoms with Crippen molar-refractivity contribution in [3.63, 3.8) is 0 Å². The third-order valence-electron chi connectivity index (χ3n) is 5.38. The van der Waals surface area contributed by atoms with Crippen LogP contribution < -0.4 is 5.32 Å². The number of rotatable bonds is 5. The third kappa shape index (κ3) is 2.60. The molecule has 0 saturated heterocycles. The molecule has 1 aromatic rings. The molecule has 4 rings (SSSR count). The molecule has 0 bridgehead atoms. The maximum absolute atomic E-state index is 14.1. The standard InChI is InChI=1S/C17H21ClFN/c18-14-2-1-11(16(19)6-14)7-17(10-20-15-3-4-15)8-12-5-13(12)9-17/h1-2,6,12-13,15,20H,3-5,7-10H2. The van der Waals surface area contributed by atoms with Gasteiger partial charge < -0.3 is 5.32 Å². The number of nitrogens with one attached hydrogen (secondary N) is 1. The molecule has 0 aromatic heterocycles. The van der Waals surface area contributed by atoms with Gasteiger partial charge in [0.15, 0.2) is 0 Å². The zero-order valence-corrected chi connectivity index (χ0v) is 12.4. The zero-order valence-electron chi connectivity index (χ0n) is 11.7. The first-order chi connectivity index (χ1) is 9.63. The fourth-order valence-corrected chi connectivity index (χ4v) is 4.23. The van der Waals surface area contributed by atoms with Crippen molar-refractivity contribution >= 4 is 11.6 Å². The molecular weight excluding hydrogens is 273 g/mol. The van der Waals surface area contributed by atoms with Gasteiger partial charge in [-0.1, -0.05) is 17.7 Å². The van der Waals surface area contributed by atoms with Gasteiger partial charge in [0.25, 0.3) is 0 Å². The van der Waals surface area contributed by atoms with Gasteiger partial charge in [-0.15, -0.1) is 0 Å². The van der Waals surface area contributed by atoms with E-state index in [4.69, 9.17) is 11.6 Å². The molecule has 3 fully saturated rings. The molecule has 1 nitrogen and oxygen atoms in total. The Morgan fingerprint density at radius 2 is 2.00 bits per heavy atom. The summed E-state index contributed by atoms with van der Waals surface area (Å²) in [5.74, 6) is 1.71. The van der Waals surface area contributed by atoms with E-state index in [-0.39, 0.29) is 11.2 Å². The van der Waals surface area contributed by atoms with Crippen molar-refractivity contribution in [3.05, 3.63) is 34.6 Å². The number of halogens is 2. The summed E-state index contributed by atoms with van der Waals surface area (Å²) < 4.78 is 14.1. The van der Waals surface area contributed by atoms with Crippen LogP contribution in [0.25, 0.3) is 0 Å². The van der Waals surface area contributed by atoms with Crippen LogP contribution in [0.1, 0.15) is 37.7 Å². The molecular formula is C17H21ClFN. The predicted octanol–water partition coefficient (Wildman–Crippen LogP) is 4.19. The van der Waals surface area contributed by atoms with Crippen LogP contribution in [0.4, 0.5) is 4.39 Å². The van der Waals surface area contributed by atoms with Crippen LogP contribution in [0.3, 0.4) is 0 Å². The third-order valence-corrected chi connectivity index (χ3v) is 5.62. The summed E-state index contributed by atoms with van der Waals surface area (Å²) in [5.41, 5.74) is 1.12. The lowest BCUT2D eigenvalue weighted by Gasteiger charge is -2.32. The van der Waals surface area contributed by atoms with Crippen molar-refractivity contribution in [3.8, 4) is 0 Å². The minimum atomic E-state index is -0.135. The van der Waals surface area contributed by atoms with Crippen molar-refractivity contribution in [2.45, 2.75) is 44.6 Å². The van der Waals surface area contributed by atoms with E-state index in [2.05, 4.69) is 5.32 Å². The fourth-order valence-electron chi connectivity index (χ4n) is 4.07. The number of fused-ring (bicyclic) bond motifs is 1. The molecule has 0 spiro atoms. The average molecular weight is 294 g/mol. The Morgan fingerprint density at radius 3 is 2.65 bits per heavy atom. The molecule has 1 aromatic carbocycles. The van der Waals surface area contributed by atoms with Crippen LogP contribution in [0.5, 0.6) is 0 Å². The van der Waals surface area contributed by atoms with Gasteiger partial charge in [0.1, 0.15) is 5.82 Å². The second-order valence-electron chi connectivity index (χ2n) is 7.23. The van der Waals surface area contributed by atoms with E-state index >= 15 is 0 Å². The maximum Gasteiger partial charge on any atom is 0.127 e. The molecule has 3 aliphatic carbocycles. The van der Waals surface area contributed by atoms with Gasteiger partial charge in [-0.2, -0.15) is 0 Å². The normalized spacial score (nSPS) is 35.1. The van der Waals surface area contributed by atoms with Crippen LogP contribution in [0.2, 0.25) is 5.02 Å². The molecule has 0 radical (unpaired) electrons. The van der Waals surface area contributed by atoms with Crippen LogP contribution in [-0.2, 0) is 6.42 Å².